The molecule has 130 valence electrons. The molecule has 1 N–H and O–H groups in total. The van der Waals surface area contributed by atoms with E-state index in [9.17, 15) is 5.11 Å². The Morgan fingerprint density at radius 2 is 1.88 bits per heavy atom. The Bertz CT molecular complexity index is 824. The first-order chi connectivity index (χ1) is 12.1. The first-order valence-corrected chi connectivity index (χ1v) is 8.40. The summed E-state index contributed by atoms with van der Waals surface area (Å²) in [5.74, 6) is 0.455. The van der Waals surface area contributed by atoms with E-state index in [0.717, 1.165) is 11.1 Å². The molecule has 0 fully saturated rings. The summed E-state index contributed by atoms with van der Waals surface area (Å²) in [6.07, 6.45) is -0.742. The van der Waals surface area contributed by atoms with E-state index in [4.69, 9.17) is 27.9 Å². The van der Waals surface area contributed by atoms with Crippen LogP contribution in [-0.4, -0.2) is 38.0 Å². The molecule has 6 nitrogen and oxygen atoms in total. The van der Waals surface area contributed by atoms with Crippen LogP contribution in [0.4, 0.5) is 0 Å². The molecule has 1 aromatic heterocycles. The van der Waals surface area contributed by atoms with Crippen molar-refractivity contribution in [1.29, 1.82) is 0 Å². The Hall–Kier alpha value is -1.99. The van der Waals surface area contributed by atoms with E-state index in [1.807, 2.05) is 24.3 Å². The second-order valence-corrected chi connectivity index (χ2v) is 6.35. The summed E-state index contributed by atoms with van der Waals surface area (Å²) < 4.78 is 5.50. The number of aliphatic hydroxyl groups excluding tert-OH is 1. The van der Waals surface area contributed by atoms with Gasteiger partial charge in [0.2, 0.25) is 5.82 Å². The molecule has 2 aromatic carbocycles. The summed E-state index contributed by atoms with van der Waals surface area (Å²) in [5, 5.41) is 23.5. The van der Waals surface area contributed by atoms with Crippen LogP contribution in [0.2, 0.25) is 10.0 Å². The zero-order chi connectivity index (χ0) is 17.6. The molecule has 0 saturated carbocycles. The van der Waals surface area contributed by atoms with Gasteiger partial charge in [0, 0.05) is 15.6 Å². The molecule has 3 rings (SSSR count). The summed E-state index contributed by atoms with van der Waals surface area (Å²) in [5.41, 5.74) is 1.76. The van der Waals surface area contributed by atoms with E-state index in [2.05, 4.69) is 15.4 Å². The second-order valence-electron chi connectivity index (χ2n) is 5.47. The summed E-state index contributed by atoms with van der Waals surface area (Å²) in [6, 6.07) is 14.6. The average molecular weight is 379 g/mol. The number of tetrazole rings is 1. The number of aliphatic hydroxyl groups is 1. The van der Waals surface area contributed by atoms with E-state index in [0.29, 0.717) is 22.5 Å². The van der Waals surface area contributed by atoms with Crippen molar-refractivity contribution in [2.24, 2.45) is 0 Å². The van der Waals surface area contributed by atoms with Crippen LogP contribution in [0.1, 0.15) is 5.56 Å². The Labute approximate surface area is 155 Å². The lowest BCUT2D eigenvalue weighted by Gasteiger charge is -2.10. The maximum absolute atomic E-state index is 10.1. The molecule has 0 amide bonds. The van der Waals surface area contributed by atoms with Crippen molar-refractivity contribution in [2.75, 3.05) is 6.61 Å². The summed E-state index contributed by atoms with van der Waals surface area (Å²) >= 11 is 11.8. The number of halogens is 2. The second kappa shape index (κ2) is 8.40. The normalized spacial score (nSPS) is 12.3. The smallest absolute Gasteiger partial charge is 0.204 e. The first-order valence-electron chi connectivity index (χ1n) is 7.64. The quantitative estimate of drug-likeness (QED) is 0.683. The molecular weight excluding hydrogens is 363 g/mol. The number of rotatable bonds is 7. The van der Waals surface area contributed by atoms with Crippen LogP contribution >= 0.6 is 23.2 Å². The lowest BCUT2D eigenvalue weighted by atomic mass is 10.2. The Kier molecular flexibility index (Phi) is 5.99. The Morgan fingerprint density at radius 1 is 1.08 bits per heavy atom. The minimum Gasteiger partial charge on any atom is -0.389 e. The van der Waals surface area contributed by atoms with Gasteiger partial charge >= 0.3 is 0 Å². The minimum absolute atomic E-state index is 0.163. The predicted octanol–water partition coefficient (Wildman–Crippen LogP) is 3.22. The highest BCUT2D eigenvalue weighted by atomic mass is 35.5. The van der Waals surface area contributed by atoms with Crippen molar-refractivity contribution in [3.8, 4) is 11.4 Å². The van der Waals surface area contributed by atoms with E-state index in [1.165, 1.54) is 4.80 Å². The topological polar surface area (TPSA) is 73.1 Å². The van der Waals surface area contributed by atoms with E-state index < -0.39 is 6.10 Å². The molecule has 0 aliphatic rings. The molecule has 0 saturated heterocycles. The molecule has 3 aromatic rings. The fraction of sp³-hybridized carbons (Fsp3) is 0.235. The van der Waals surface area contributed by atoms with Gasteiger partial charge in [0.15, 0.2) is 0 Å². The van der Waals surface area contributed by atoms with Crippen LogP contribution in [0.3, 0.4) is 0 Å². The molecule has 1 atom stereocenters. The number of benzene rings is 2. The van der Waals surface area contributed by atoms with Crippen LogP contribution in [-0.2, 0) is 17.9 Å². The van der Waals surface area contributed by atoms with E-state index in [1.54, 1.807) is 24.3 Å². The van der Waals surface area contributed by atoms with Gasteiger partial charge in [-0.1, -0.05) is 47.5 Å². The summed E-state index contributed by atoms with van der Waals surface area (Å²) in [6.45, 7) is 0.748. The van der Waals surface area contributed by atoms with Gasteiger partial charge < -0.3 is 9.84 Å². The van der Waals surface area contributed by atoms with Crippen LogP contribution < -0.4 is 0 Å². The van der Waals surface area contributed by atoms with Crippen molar-refractivity contribution in [3.05, 3.63) is 64.1 Å². The molecule has 0 radical (unpaired) electrons. The van der Waals surface area contributed by atoms with Crippen LogP contribution in [0.5, 0.6) is 0 Å². The molecule has 1 heterocycles. The lowest BCUT2D eigenvalue weighted by Crippen LogP contribution is -2.23. The number of hydrogen-bond donors (Lipinski definition) is 1. The van der Waals surface area contributed by atoms with E-state index >= 15 is 0 Å². The third kappa shape index (κ3) is 5.24. The van der Waals surface area contributed by atoms with Gasteiger partial charge in [0.1, 0.15) is 0 Å². The van der Waals surface area contributed by atoms with Crippen molar-refractivity contribution in [1.82, 2.24) is 20.2 Å². The van der Waals surface area contributed by atoms with Gasteiger partial charge in [-0.25, -0.2) is 0 Å². The Morgan fingerprint density at radius 3 is 2.64 bits per heavy atom. The molecule has 0 spiro atoms. The number of aromatic nitrogens is 4. The zero-order valence-electron chi connectivity index (χ0n) is 13.2. The third-order valence-electron chi connectivity index (χ3n) is 3.40. The maximum Gasteiger partial charge on any atom is 0.204 e. The van der Waals surface area contributed by atoms with Gasteiger partial charge in [0.05, 0.1) is 25.9 Å². The average Bonchev–Trinajstić information content (AvgIpc) is 3.05. The van der Waals surface area contributed by atoms with Crippen molar-refractivity contribution < 1.29 is 9.84 Å². The third-order valence-corrected chi connectivity index (χ3v) is 3.89. The number of hydrogen-bond acceptors (Lipinski definition) is 5. The van der Waals surface area contributed by atoms with Gasteiger partial charge in [-0.3, -0.25) is 0 Å². The Balaban J connectivity index is 1.49. The van der Waals surface area contributed by atoms with Gasteiger partial charge in [-0.05, 0) is 35.0 Å². The molecule has 0 bridgehead atoms. The highest BCUT2D eigenvalue weighted by molar-refractivity contribution is 6.31. The molecule has 0 aliphatic heterocycles. The molecule has 0 aliphatic carbocycles. The van der Waals surface area contributed by atoms with Gasteiger partial charge in [0.25, 0.3) is 0 Å². The summed E-state index contributed by atoms with van der Waals surface area (Å²) in [4.78, 5) is 1.34. The fourth-order valence-corrected chi connectivity index (χ4v) is 2.51. The fourth-order valence-electron chi connectivity index (χ4n) is 2.20. The largest absolute Gasteiger partial charge is 0.389 e. The first kappa shape index (κ1) is 17.8. The van der Waals surface area contributed by atoms with Crippen LogP contribution in [0.15, 0.2) is 48.5 Å². The number of ether oxygens (including phenoxy) is 1. The predicted molar refractivity (Wildman–Crippen MR) is 95.4 cm³/mol. The summed E-state index contributed by atoms with van der Waals surface area (Å²) in [7, 11) is 0. The zero-order valence-corrected chi connectivity index (χ0v) is 14.7. The van der Waals surface area contributed by atoms with E-state index in [-0.39, 0.29) is 13.2 Å². The molecule has 8 heteroatoms. The monoisotopic (exact) mass is 378 g/mol. The van der Waals surface area contributed by atoms with Gasteiger partial charge in [-0.2, -0.15) is 4.80 Å². The van der Waals surface area contributed by atoms with Crippen molar-refractivity contribution >= 4 is 23.2 Å². The van der Waals surface area contributed by atoms with Gasteiger partial charge in [-0.15, -0.1) is 10.2 Å². The maximum atomic E-state index is 10.1. The number of nitrogens with zero attached hydrogens (tertiary/aromatic N) is 4. The lowest BCUT2D eigenvalue weighted by molar-refractivity contribution is 0.0165. The van der Waals surface area contributed by atoms with Crippen molar-refractivity contribution in [2.45, 2.75) is 19.3 Å². The molecule has 25 heavy (non-hydrogen) atoms. The standard InChI is InChI=1S/C17H16Cl2N4O2/c18-14-6-4-12(5-7-14)10-25-11-16(24)9-23-21-17(20-22-23)13-2-1-3-15(19)8-13/h1-8,16,24H,9-11H2/t16-/m0/s1. The van der Waals surface area contributed by atoms with Crippen LogP contribution in [0, 0.1) is 0 Å². The molecule has 0 unspecified atom stereocenters. The SMILES string of the molecule is O[C@H](COCc1ccc(Cl)cc1)Cn1nnc(-c2cccc(Cl)c2)n1. The molecular formula is C17H16Cl2N4O2. The minimum atomic E-state index is -0.742. The highest BCUT2D eigenvalue weighted by Gasteiger charge is 2.11. The van der Waals surface area contributed by atoms with Crippen molar-refractivity contribution in [3.63, 3.8) is 0 Å². The highest BCUT2D eigenvalue weighted by Crippen LogP contribution is 2.18. The van der Waals surface area contributed by atoms with Crippen LogP contribution in [0.25, 0.3) is 11.4 Å².